The summed E-state index contributed by atoms with van der Waals surface area (Å²) in [7, 11) is 0. The largest absolute Gasteiger partial charge is 0.361 e. The molecule has 31 heavy (non-hydrogen) atoms. The standard InChI is InChI=1S/C23H32N6S2/c30-23(26-20-2-4-21(5-3-20)29-8-1-7-25-29)24-15-22-14-18-6-9-28(22)17-19(18)16-27-10-12-31-13-11-27/h1-5,7-8,18-19,22H,6,9-17H2,(H2,24,26,30)/t18-,19+,22+/m1/s1. The number of rotatable bonds is 6. The van der Waals surface area contributed by atoms with E-state index in [0.717, 1.165) is 29.8 Å². The van der Waals surface area contributed by atoms with Gasteiger partial charge in [-0.15, -0.1) is 0 Å². The van der Waals surface area contributed by atoms with E-state index in [1.54, 1.807) is 6.20 Å². The number of thiocarbonyl (C=S) groups is 1. The zero-order valence-corrected chi connectivity index (χ0v) is 19.6. The lowest BCUT2D eigenvalue weighted by atomic mass is 9.75. The Morgan fingerprint density at radius 1 is 1.16 bits per heavy atom. The fourth-order valence-electron chi connectivity index (χ4n) is 5.29. The molecule has 4 saturated heterocycles. The van der Waals surface area contributed by atoms with Crippen molar-refractivity contribution in [3.8, 4) is 5.69 Å². The molecule has 1 unspecified atom stereocenters. The van der Waals surface area contributed by atoms with E-state index in [-0.39, 0.29) is 0 Å². The Balaban J connectivity index is 1.08. The topological polar surface area (TPSA) is 48.4 Å². The molecule has 8 heteroatoms. The minimum atomic E-state index is 0.605. The number of hydrogen-bond acceptors (Lipinski definition) is 5. The number of aromatic nitrogens is 2. The first-order valence-electron chi connectivity index (χ1n) is 11.4. The normalized spacial score (nSPS) is 28.4. The van der Waals surface area contributed by atoms with Crippen molar-refractivity contribution in [3.63, 3.8) is 0 Å². The molecule has 6 rings (SSSR count). The minimum Gasteiger partial charge on any atom is -0.361 e. The zero-order valence-electron chi connectivity index (χ0n) is 17.9. The number of piperidine rings is 3. The molecule has 0 saturated carbocycles. The van der Waals surface area contributed by atoms with Gasteiger partial charge in [0.1, 0.15) is 0 Å². The second kappa shape index (κ2) is 9.90. The molecule has 4 aliphatic rings. The van der Waals surface area contributed by atoms with E-state index in [1.807, 2.05) is 41.2 Å². The van der Waals surface area contributed by atoms with E-state index in [1.165, 1.54) is 57.1 Å². The van der Waals surface area contributed by atoms with Crippen molar-refractivity contribution >= 4 is 34.8 Å². The summed E-state index contributed by atoms with van der Waals surface area (Å²) in [5.74, 6) is 4.35. The van der Waals surface area contributed by atoms with E-state index >= 15 is 0 Å². The molecule has 2 aromatic rings. The molecular formula is C23H32N6S2. The summed E-state index contributed by atoms with van der Waals surface area (Å²) >= 11 is 7.67. The predicted octanol–water partition coefficient (Wildman–Crippen LogP) is 2.92. The maximum Gasteiger partial charge on any atom is 0.170 e. The summed E-state index contributed by atoms with van der Waals surface area (Å²) < 4.78 is 1.85. The van der Waals surface area contributed by atoms with E-state index < -0.39 is 0 Å². The third-order valence-electron chi connectivity index (χ3n) is 7.00. The van der Waals surface area contributed by atoms with E-state index in [4.69, 9.17) is 12.2 Å². The highest BCUT2D eigenvalue weighted by molar-refractivity contribution is 7.99. The maximum atomic E-state index is 5.57. The molecule has 4 aliphatic heterocycles. The highest BCUT2D eigenvalue weighted by atomic mass is 32.2. The third kappa shape index (κ3) is 5.25. The van der Waals surface area contributed by atoms with Gasteiger partial charge in [-0.3, -0.25) is 4.90 Å². The van der Waals surface area contributed by atoms with Crippen LogP contribution in [0.5, 0.6) is 0 Å². The van der Waals surface area contributed by atoms with Gasteiger partial charge in [-0.05, 0) is 73.8 Å². The fourth-order valence-corrected chi connectivity index (χ4v) is 6.47. The minimum absolute atomic E-state index is 0.605. The Bertz CT molecular complexity index is 849. The lowest BCUT2D eigenvalue weighted by Crippen LogP contribution is -2.59. The Kier molecular flexibility index (Phi) is 6.78. The lowest BCUT2D eigenvalue weighted by molar-refractivity contribution is -0.00936. The predicted molar refractivity (Wildman–Crippen MR) is 133 cm³/mol. The molecule has 166 valence electrons. The number of nitrogens with zero attached hydrogens (tertiary/aromatic N) is 4. The molecular weight excluding hydrogens is 424 g/mol. The second-order valence-corrected chi connectivity index (χ2v) is 10.6. The Hall–Kier alpha value is -1.61. The van der Waals surface area contributed by atoms with Gasteiger partial charge in [-0.25, -0.2) is 4.68 Å². The van der Waals surface area contributed by atoms with Gasteiger partial charge in [-0.2, -0.15) is 16.9 Å². The summed E-state index contributed by atoms with van der Waals surface area (Å²) in [6, 6.07) is 10.7. The summed E-state index contributed by atoms with van der Waals surface area (Å²) in [6.07, 6.45) is 6.41. The van der Waals surface area contributed by atoms with Gasteiger partial charge in [0.15, 0.2) is 5.11 Å². The van der Waals surface area contributed by atoms with E-state index in [9.17, 15) is 0 Å². The first-order chi connectivity index (χ1) is 15.2. The van der Waals surface area contributed by atoms with Crippen LogP contribution in [-0.2, 0) is 0 Å². The molecule has 2 N–H and O–H groups in total. The average Bonchev–Trinajstić information content (AvgIpc) is 3.35. The van der Waals surface area contributed by atoms with E-state index in [0.29, 0.717) is 11.2 Å². The van der Waals surface area contributed by atoms with Gasteiger partial charge < -0.3 is 15.5 Å². The Morgan fingerprint density at radius 2 is 2.00 bits per heavy atom. The lowest BCUT2D eigenvalue weighted by Gasteiger charge is -2.51. The molecule has 4 atom stereocenters. The maximum absolute atomic E-state index is 5.57. The molecule has 4 fully saturated rings. The van der Waals surface area contributed by atoms with Crippen LogP contribution in [0, 0.1) is 11.8 Å². The number of anilines is 1. The van der Waals surface area contributed by atoms with Gasteiger partial charge in [-0.1, -0.05) is 0 Å². The van der Waals surface area contributed by atoms with Crippen LogP contribution in [0.3, 0.4) is 0 Å². The average molecular weight is 457 g/mol. The molecule has 1 aromatic heterocycles. The highest BCUT2D eigenvalue weighted by Gasteiger charge is 2.40. The van der Waals surface area contributed by atoms with Gasteiger partial charge in [0.2, 0.25) is 0 Å². The van der Waals surface area contributed by atoms with Crippen LogP contribution in [0.1, 0.15) is 12.8 Å². The SMILES string of the molecule is S=C(NC[C@@H]1C[C@H]2CCN1C[C@@H]2CN1CCSCC1)Nc1ccc(-n2cccn2)cc1. The van der Waals surface area contributed by atoms with Crippen molar-refractivity contribution in [1.29, 1.82) is 0 Å². The molecule has 2 bridgehead atoms. The first-order valence-corrected chi connectivity index (χ1v) is 13.0. The van der Waals surface area contributed by atoms with Gasteiger partial charge in [0.25, 0.3) is 0 Å². The molecule has 1 aromatic carbocycles. The van der Waals surface area contributed by atoms with Gasteiger partial charge in [0.05, 0.1) is 5.69 Å². The number of fused-ring (bicyclic) bond motifs is 3. The molecule has 5 heterocycles. The summed E-state index contributed by atoms with van der Waals surface area (Å²) in [6.45, 7) is 7.30. The van der Waals surface area contributed by atoms with Crippen molar-refractivity contribution < 1.29 is 0 Å². The van der Waals surface area contributed by atoms with Gasteiger partial charge in [0, 0.05) is 68.4 Å². The molecule has 0 radical (unpaired) electrons. The third-order valence-corrected chi connectivity index (χ3v) is 8.19. The second-order valence-electron chi connectivity index (χ2n) is 8.94. The van der Waals surface area contributed by atoms with Crippen LogP contribution in [0.2, 0.25) is 0 Å². The van der Waals surface area contributed by atoms with Crippen LogP contribution in [0.25, 0.3) is 5.69 Å². The van der Waals surface area contributed by atoms with Crippen molar-refractivity contribution in [3.05, 3.63) is 42.7 Å². The van der Waals surface area contributed by atoms with Gasteiger partial charge >= 0.3 is 0 Å². The number of hydrogen-bond donors (Lipinski definition) is 2. The number of nitrogens with one attached hydrogen (secondary N) is 2. The monoisotopic (exact) mass is 456 g/mol. The van der Waals surface area contributed by atoms with Crippen LogP contribution in [0.4, 0.5) is 5.69 Å². The van der Waals surface area contributed by atoms with E-state index in [2.05, 4.69) is 37.3 Å². The molecule has 0 amide bonds. The Labute approximate surface area is 194 Å². The summed E-state index contributed by atoms with van der Waals surface area (Å²) in [5, 5.41) is 11.8. The van der Waals surface area contributed by atoms with Crippen LogP contribution in [0.15, 0.2) is 42.7 Å². The van der Waals surface area contributed by atoms with Crippen LogP contribution < -0.4 is 10.6 Å². The van der Waals surface area contributed by atoms with Crippen LogP contribution >= 0.6 is 24.0 Å². The number of benzene rings is 1. The fraction of sp³-hybridized carbons (Fsp3) is 0.565. The summed E-state index contributed by atoms with van der Waals surface area (Å²) in [4.78, 5) is 5.41. The van der Waals surface area contributed by atoms with Crippen molar-refractivity contribution in [2.24, 2.45) is 11.8 Å². The van der Waals surface area contributed by atoms with Crippen molar-refractivity contribution in [1.82, 2.24) is 24.9 Å². The first kappa shape index (κ1) is 21.2. The molecule has 0 spiro atoms. The molecule has 0 aliphatic carbocycles. The van der Waals surface area contributed by atoms with Crippen LogP contribution in [-0.4, -0.2) is 81.5 Å². The zero-order chi connectivity index (χ0) is 21.0. The number of thioether (sulfide) groups is 1. The quantitative estimate of drug-likeness (QED) is 0.648. The highest BCUT2D eigenvalue weighted by Crippen LogP contribution is 2.36. The summed E-state index contributed by atoms with van der Waals surface area (Å²) in [5.41, 5.74) is 2.04. The van der Waals surface area contributed by atoms with Crippen molar-refractivity contribution in [2.45, 2.75) is 18.9 Å². The smallest absolute Gasteiger partial charge is 0.170 e. The molecule has 6 nitrogen and oxygen atoms in total. The Morgan fingerprint density at radius 3 is 2.71 bits per heavy atom. The van der Waals surface area contributed by atoms with Crippen molar-refractivity contribution in [2.75, 3.05) is 56.1 Å².